The van der Waals surface area contributed by atoms with Gasteiger partial charge in [0.25, 0.3) is 5.56 Å². The normalized spacial score (nSPS) is 10.9. The van der Waals surface area contributed by atoms with Crippen LogP contribution in [-0.2, 0) is 6.42 Å². The predicted molar refractivity (Wildman–Crippen MR) is 111 cm³/mol. The Hall–Kier alpha value is -3.72. The smallest absolute Gasteiger partial charge is 0.270 e. The van der Waals surface area contributed by atoms with E-state index in [0.717, 1.165) is 12.0 Å². The van der Waals surface area contributed by atoms with Crippen LogP contribution in [0.1, 0.15) is 30.5 Å². The number of H-pyrrole nitrogens is 1. The SMILES string of the molecule is CC(C)Cc1ccc(C=NNc2nc(-c3ccccc3)c(C#N)c(=O)[nH]2)cc1. The van der Waals surface area contributed by atoms with E-state index in [9.17, 15) is 10.1 Å². The Kier molecular flexibility index (Phi) is 5.97. The number of nitrogens with zero attached hydrogens (tertiary/aromatic N) is 3. The number of benzene rings is 2. The lowest BCUT2D eigenvalue weighted by atomic mass is 10.0. The van der Waals surface area contributed by atoms with E-state index in [1.54, 1.807) is 18.3 Å². The molecule has 0 amide bonds. The Bertz CT molecular complexity index is 1060. The topological polar surface area (TPSA) is 93.9 Å². The zero-order valence-corrected chi connectivity index (χ0v) is 15.8. The summed E-state index contributed by atoms with van der Waals surface area (Å²) in [6.07, 6.45) is 2.69. The molecule has 1 heterocycles. The summed E-state index contributed by atoms with van der Waals surface area (Å²) in [6.45, 7) is 4.38. The van der Waals surface area contributed by atoms with Gasteiger partial charge in [0.2, 0.25) is 5.95 Å². The van der Waals surface area contributed by atoms with Crippen molar-refractivity contribution in [2.24, 2.45) is 11.0 Å². The van der Waals surface area contributed by atoms with Crippen molar-refractivity contribution in [1.82, 2.24) is 9.97 Å². The van der Waals surface area contributed by atoms with Crippen LogP contribution in [0.15, 0.2) is 64.5 Å². The molecule has 6 heteroatoms. The Balaban J connectivity index is 1.79. The van der Waals surface area contributed by atoms with Gasteiger partial charge in [0.1, 0.15) is 11.6 Å². The average molecular weight is 371 g/mol. The molecule has 0 saturated heterocycles. The van der Waals surface area contributed by atoms with E-state index in [1.807, 2.05) is 36.4 Å². The number of aromatic amines is 1. The van der Waals surface area contributed by atoms with Crippen molar-refractivity contribution >= 4 is 12.2 Å². The van der Waals surface area contributed by atoms with Crippen LogP contribution in [0.25, 0.3) is 11.3 Å². The zero-order valence-electron chi connectivity index (χ0n) is 15.8. The molecule has 2 aromatic carbocycles. The minimum Gasteiger partial charge on any atom is -0.290 e. The molecule has 0 atom stereocenters. The first-order chi connectivity index (χ1) is 13.6. The standard InChI is InChI=1S/C22H21N5O/c1-15(2)12-16-8-10-17(11-9-16)14-24-27-22-25-20(18-6-4-3-5-7-18)19(13-23)21(28)26-22/h3-11,14-15H,12H2,1-2H3,(H2,25,26,27,28). The number of hydrogen-bond donors (Lipinski definition) is 2. The summed E-state index contributed by atoms with van der Waals surface area (Å²) >= 11 is 0. The van der Waals surface area contributed by atoms with Gasteiger partial charge in [-0.05, 0) is 23.5 Å². The fourth-order valence-electron chi connectivity index (χ4n) is 2.81. The first-order valence-corrected chi connectivity index (χ1v) is 9.04. The van der Waals surface area contributed by atoms with Crippen LogP contribution in [0.3, 0.4) is 0 Å². The molecule has 2 N–H and O–H groups in total. The number of hydrogen-bond acceptors (Lipinski definition) is 5. The molecule has 6 nitrogen and oxygen atoms in total. The van der Waals surface area contributed by atoms with Crippen LogP contribution >= 0.6 is 0 Å². The number of aromatic nitrogens is 2. The highest BCUT2D eigenvalue weighted by Crippen LogP contribution is 2.19. The van der Waals surface area contributed by atoms with E-state index in [1.165, 1.54) is 5.56 Å². The Morgan fingerprint density at radius 2 is 1.89 bits per heavy atom. The molecule has 0 unspecified atom stereocenters. The summed E-state index contributed by atoms with van der Waals surface area (Å²) < 4.78 is 0. The molecule has 0 saturated carbocycles. The van der Waals surface area contributed by atoms with Gasteiger partial charge in [0.05, 0.1) is 11.9 Å². The van der Waals surface area contributed by atoms with Gasteiger partial charge in [-0.2, -0.15) is 10.4 Å². The molecule has 0 bridgehead atoms. The number of nitriles is 1. The van der Waals surface area contributed by atoms with Gasteiger partial charge < -0.3 is 0 Å². The lowest BCUT2D eigenvalue weighted by Gasteiger charge is -2.06. The third-order valence-corrected chi connectivity index (χ3v) is 4.09. The van der Waals surface area contributed by atoms with Crippen LogP contribution < -0.4 is 11.0 Å². The van der Waals surface area contributed by atoms with Crippen LogP contribution in [0.5, 0.6) is 0 Å². The summed E-state index contributed by atoms with van der Waals surface area (Å²) in [5.74, 6) is 0.787. The molecule has 1 aromatic heterocycles. The van der Waals surface area contributed by atoms with Gasteiger partial charge >= 0.3 is 0 Å². The quantitative estimate of drug-likeness (QED) is 0.507. The molecule has 140 valence electrons. The van der Waals surface area contributed by atoms with Gasteiger partial charge in [-0.15, -0.1) is 0 Å². The second-order valence-electron chi connectivity index (χ2n) is 6.83. The van der Waals surface area contributed by atoms with Crippen molar-refractivity contribution < 1.29 is 0 Å². The minimum atomic E-state index is -0.507. The third kappa shape index (κ3) is 4.71. The number of nitrogens with one attached hydrogen (secondary N) is 2. The minimum absolute atomic E-state index is 0.0264. The molecule has 0 spiro atoms. The van der Waals surface area contributed by atoms with Crippen LogP contribution in [0.4, 0.5) is 5.95 Å². The first-order valence-electron chi connectivity index (χ1n) is 9.04. The van der Waals surface area contributed by atoms with Gasteiger partial charge in [-0.3, -0.25) is 9.78 Å². The van der Waals surface area contributed by atoms with Crippen LogP contribution in [0, 0.1) is 17.2 Å². The van der Waals surface area contributed by atoms with Crippen LogP contribution in [0.2, 0.25) is 0 Å². The van der Waals surface area contributed by atoms with Gasteiger partial charge in [-0.25, -0.2) is 10.4 Å². The van der Waals surface area contributed by atoms with Crippen molar-refractivity contribution in [3.05, 3.63) is 81.6 Å². The van der Waals surface area contributed by atoms with Crippen LogP contribution in [-0.4, -0.2) is 16.2 Å². The fraction of sp³-hybridized carbons (Fsp3) is 0.182. The highest BCUT2D eigenvalue weighted by atomic mass is 16.1. The lowest BCUT2D eigenvalue weighted by Crippen LogP contribution is -2.16. The highest BCUT2D eigenvalue weighted by Gasteiger charge is 2.12. The maximum atomic E-state index is 12.2. The summed E-state index contributed by atoms with van der Waals surface area (Å²) in [5, 5.41) is 13.4. The van der Waals surface area contributed by atoms with Crippen molar-refractivity contribution in [1.29, 1.82) is 5.26 Å². The van der Waals surface area contributed by atoms with E-state index in [4.69, 9.17) is 0 Å². The number of hydrazone groups is 1. The Labute approximate surface area is 163 Å². The molecule has 0 radical (unpaired) electrons. The van der Waals surface area contributed by atoms with Gasteiger partial charge in [0.15, 0.2) is 0 Å². The van der Waals surface area contributed by atoms with Gasteiger partial charge in [0, 0.05) is 5.56 Å². The van der Waals surface area contributed by atoms with Crippen molar-refractivity contribution in [3.8, 4) is 17.3 Å². The average Bonchev–Trinajstić information content (AvgIpc) is 2.69. The fourth-order valence-corrected chi connectivity index (χ4v) is 2.81. The predicted octanol–water partition coefficient (Wildman–Crippen LogP) is 3.95. The first kappa shape index (κ1) is 19.1. The van der Waals surface area contributed by atoms with Crippen molar-refractivity contribution in [2.45, 2.75) is 20.3 Å². The second kappa shape index (κ2) is 8.78. The summed E-state index contributed by atoms with van der Waals surface area (Å²) in [4.78, 5) is 19.1. The summed E-state index contributed by atoms with van der Waals surface area (Å²) in [7, 11) is 0. The second-order valence-corrected chi connectivity index (χ2v) is 6.83. The lowest BCUT2D eigenvalue weighted by molar-refractivity contribution is 0.647. The van der Waals surface area contributed by atoms with E-state index >= 15 is 0 Å². The molecule has 0 aliphatic carbocycles. The maximum Gasteiger partial charge on any atom is 0.270 e. The molecule has 0 aliphatic rings. The largest absolute Gasteiger partial charge is 0.290 e. The Morgan fingerprint density at radius 1 is 1.18 bits per heavy atom. The van der Waals surface area contributed by atoms with Crippen molar-refractivity contribution in [3.63, 3.8) is 0 Å². The van der Waals surface area contributed by atoms with E-state index in [-0.39, 0.29) is 11.5 Å². The number of rotatable bonds is 6. The molecular formula is C22H21N5O. The summed E-state index contributed by atoms with van der Waals surface area (Å²) in [5.41, 5.74) is 5.43. The number of anilines is 1. The van der Waals surface area contributed by atoms with E-state index < -0.39 is 5.56 Å². The maximum absolute atomic E-state index is 12.2. The molecule has 0 aliphatic heterocycles. The zero-order chi connectivity index (χ0) is 19.9. The monoisotopic (exact) mass is 371 g/mol. The molecule has 3 aromatic rings. The molecule has 28 heavy (non-hydrogen) atoms. The molecule has 0 fully saturated rings. The summed E-state index contributed by atoms with van der Waals surface area (Å²) in [6, 6.07) is 19.2. The third-order valence-electron chi connectivity index (χ3n) is 4.09. The molecular weight excluding hydrogens is 350 g/mol. The van der Waals surface area contributed by atoms with E-state index in [2.05, 4.69) is 46.5 Å². The van der Waals surface area contributed by atoms with E-state index in [0.29, 0.717) is 17.2 Å². The highest BCUT2D eigenvalue weighted by molar-refractivity contribution is 5.80. The van der Waals surface area contributed by atoms with Crippen molar-refractivity contribution in [2.75, 3.05) is 5.43 Å². The molecule has 3 rings (SSSR count). The van der Waals surface area contributed by atoms with Gasteiger partial charge in [-0.1, -0.05) is 68.4 Å². The Morgan fingerprint density at radius 3 is 2.54 bits per heavy atom.